The Hall–Kier alpha value is -9.58. The van der Waals surface area contributed by atoms with Crippen LogP contribution in [0.2, 0.25) is 0 Å². The summed E-state index contributed by atoms with van der Waals surface area (Å²) in [7, 11) is 0. The minimum Gasteiger partial charge on any atom is -0.309 e. The van der Waals surface area contributed by atoms with Crippen LogP contribution in [0.4, 0.5) is 0 Å². The van der Waals surface area contributed by atoms with Gasteiger partial charge in [-0.15, -0.1) is 0 Å². The average Bonchev–Trinajstić information content (AvgIpc) is 4.24. The fraction of sp³-hybridized carbons (Fsp3) is 0. The molecule has 0 atom stereocenters. The summed E-state index contributed by atoms with van der Waals surface area (Å²) in [6.07, 6.45) is 0. The molecule has 0 bridgehead atoms. The van der Waals surface area contributed by atoms with E-state index in [0.29, 0.717) is 0 Å². The molecule has 0 radical (unpaired) electrons. The average molecular weight is 904 g/mol. The van der Waals surface area contributed by atoms with Gasteiger partial charge in [-0.25, -0.2) is 0 Å². The van der Waals surface area contributed by atoms with Crippen LogP contribution in [0.5, 0.6) is 0 Å². The van der Waals surface area contributed by atoms with Crippen molar-refractivity contribution in [2.45, 2.75) is 0 Å². The molecule has 0 spiro atoms. The Balaban J connectivity index is 1.06. The summed E-state index contributed by atoms with van der Waals surface area (Å²) < 4.78 is 12.5. The molecule has 0 saturated heterocycles. The van der Waals surface area contributed by atoms with Gasteiger partial charge in [-0.1, -0.05) is 152 Å². The highest BCUT2D eigenvalue weighted by molar-refractivity contribution is 6.40. The van der Waals surface area contributed by atoms with Crippen molar-refractivity contribution in [3.8, 4) is 28.4 Å². The molecular formula is C66H41N5. The van der Waals surface area contributed by atoms with Gasteiger partial charge < -0.3 is 22.8 Å². The molecule has 0 amide bonds. The molecule has 16 aromatic rings. The van der Waals surface area contributed by atoms with Crippen LogP contribution in [-0.2, 0) is 0 Å². The van der Waals surface area contributed by atoms with Crippen molar-refractivity contribution in [3.63, 3.8) is 0 Å². The molecule has 0 aliphatic heterocycles. The number of benzene rings is 11. The lowest BCUT2D eigenvalue weighted by atomic mass is 10.0. The van der Waals surface area contributed by atoms with Gasteiger partial charge >= 0.3 is 0 Å². The molecule has 0 aliphatic rings. The molecule has 330 valence electrons. The van der Waals surface area contributed by atoms with E-state index < -0.39 is 0 Å². The number of rotatable bonds is 5. The van der Waals surface area contributed by atoms with E-state index in [2.05, 4.69) is 272 Å². The summed E-state index contributed by atoms with van der Waals surface area (Å²) in [6, 6.07) is 91.4. The Morgan fingerprint density at radius 3 is 0.944 bits per heavy atom. The SMILES string of the molecule is c1ccc(-n2c3ccccc3c3cc4c(cc32)c2ccccc2n4-c2cccc(-n3c4ccccc4c4c5c6ccccc6n(-c6ccccc6)c5c5c6ccccc6n(-c6ccccc6)c5c43)c2)cc1. The molecule has 0 N–H and O–H groups in total. The number of hydrogen-bond acceptors (Lipinski definition) is 0. The third-order valence-electron chi connectivity index (χ3n) is 15.2. The van der Waals surface area contributed by atoms with Crippen LogP contribution < -0.4 is 0 Å². The minimum atomic E-state index is 1.10. The number of fused-ring (bicyclic) bond motifs is 18. The maximum Gasteiger partial charge on any atom is 0.0810 e. The maximum absolute atomic E-state index is 2.56. The third kappa shape index (κ3) is 5.19. The van der Waals surface area contributed by atoms with Crippen LogP contribution >= 0.6 is 0 Å². The first-order chi connectivity index (χ1) is 35.3. The van der Waals surface area contributed by atoms with Crippen molar-refractivity contribution in [2.75, 3.05) is 0 Å². The number of nitrogens with zero attached hydrogens (tertiary/aromatic N) is 5. The minimum absolute atomic E-state index is 1.10. The predicted molar refractivity (Wildman–Crippen MR) is 298 cm³/mol. The van der Waals surface area contributed by atoms with Crippen LogP contribution in [0.3, 0.4) is 0 Å². The van der Waals surface area contributed by atoms with Gasteiger partial charge in [0.1, 0.15) is 0 Å². The zero-order valence-electron chi connectivity index (χ0n) is 38.4. The van der Waals surface area contributed by atoms with Gasteiger partial charge in [0.2, 0.25) is 0 Å². The van der Waals surface area contributed by atoms with Gasteiger partial charge in [0, 0.05) is 82.3 Å². The molecule has 0 unspecified atom stereocenters. The Morgan fingerprint density at radius 1 is 0.169 bits per heavy atom. The molecule has 71 heavy (non-hydrogen) atoms. The highest BCUT2D eigenvalue weighted by Gasteiger charge is 2.29. The monoisotopic (exact) mass is 903 g/mol. The molecule has 11 aromatic carbocycles. The van der Waals surface area contributed by atoms with Gasteiger partial charge in [0.15, 0.2) is 0 Å². The predicted octanol–water partition coefficient (Wildman–Crippen LogP) is 17.2. The van der Waals surface area contributed by atoms with Crippen molar-refractivity contribution >= 4 is 109 Å². The van der Waals surface area contributed by atoms with Crippen LogP contribution in [0.15, 0.2) is 249 Å². The second-order valence-corrected chi connectivity index (χ2v) is 18.8. The van der Waals surface area contributed by atoms with Gasteiger partial charge in [0.25, 0.3) is 0 Å². The molecular weight excluding hydrogens is 863 g/mol. The lowest BCUT2D eigenvalue weighted by molar-refractivity contribution is 1.13. The quantitative estimate of drug-likeness (QED) is 0.164. The van der Waals surface area contributed by atoms with E-state index in [1.54, 1.807) is 0 Å². The molecule has 5 heterocycles. The lowest BCUT2D eigenvalue weighted by Crippen LogP contribution is -2.01. The van der Waals surface area contributed by atoms with E-state index in [9.17, 15) is 0 Å². The fourth-order valence-electron chi connectivity index (χ4n) is 12.4. The summed E-state index contributed by atoms with van der Waals surface area (Å²) >= 11 is 0. The zero-order chi connectivity index (χ0) is 46.3. The molecule has 5 nitrogen and oxygen atoms in total. The first-order valence-corrected chi connectivity index (χ1v) is 24.4. The van der Waals surface area contributed by atoms with Crippen LogP contribution in [0.1, 0.15) is 0 Å². The summed E-state index contributed by atoms with van der Waals surface area (Å²) in [6.45, 7) is 0. The van der Waals surface area contributed by atoms with Gasteiger partial charge in [-0.05, 0) is 97.1 Å². The van der Waals surface area contributed by atoms with Gasteiger partial charge in [0.05, 0.1) is 55.2 Å². The third-order valence-corrected chi connectivity index (χ3v) is 15.2. The highest BCUT2D eigenvalue weighted by atomic mass is 15.1. The summed E-state index contributed by atoms with van der Waals surface area (Å²) in [5, 5.41) is 12.3. The molecule has 0 saturated carbocycles. The summed E-state index contributed by atoms with van der Waals surface area (Å²) in [4.78, 5) is 0. The normalized spacial score (nSPS) is 12.2. The Bertz CT molecular complexity index is 4850. The van der Waals surface area contributed by atoms with E-state index in [1.165, 1.54) is 104 Å². The topological polar surface area (TPSA) is 24.6 Å². The second kappa shape index (κ2) is 14.5. The van der Waals surface area contributed by atoms with Crippen molar-refractivity contribution < 1.29 is 0 Å². The van der Waals surface area contributed by atoms with E-state index in [-0.39, 0.29) is 0 Å². The summed E-state index contributed by atoms with van der Waals surface area (Å²) in [5.74, 6) is 0. The first kappa shape index (κ1) is 38.4. The molecule has 0 aliphatic carbocycles. The van der Waals surface area contributed by atoms with Gasteiger partial charge in [-0.3, -0.25) is 0 Å². The molecule has 5 aromatic heterocycles. The first-order valence-electron chi connectivity index (χ1n) is 24.4. The maximum atomic E-state index is 2.56. The molecule has 16 rings (SSSR count). The second-order valence-electron chi connectivity index (χ2n) is 18.8. The molecule has 5 heteroatoms. The Morgan fingerprint density at radius 2 is 0.465 bits per heavy atom. The highest BCUT2D eigenvalue weighted by Crippen LogP contribution is 2.50. The fourth-order valence-corrected chi connectivity index (χ4v) is 12.4. The summed E-state index contributed by atoms with van der Waals surface area (Å²) in [5.41, 5.74) is 17.5. The van der Waals surface area contributed by atoms with Crippen LogP contribution in [0.25, 0.3) is 137 Å². The largest absolute Gasteiger partial charge is 0.309 e. The Labute approximate surface area is 407 Å². The van der Waals surface area contributed by atoms with Crippen LogP contribution in [0, 0.1) is 0 Å². The van der Waals surface area contributed by atoms with E-state index >= 15 is 0 Å². The van der Waals surface area contributed by atoms with E-state index in [1.807, 2.05) is 0 Å². The standard InChI is InChI=1S/C66H41N5/c1-4-21-42(22-5-1)67-54-34-15-10-29-47(54)52-41-60-53(40-59(52)67)48-30-11-16-35-55(48)68(60)45-27-20-28-46(39-45)71-57-37-18-13-32-50(57)62-61-49-31-12-17-36-56(49)69(43-23-6-2-7-24-43)64(61)63-51-33-14-19-38-58(51)70(66(63)65(62)71)44-25-8-3-9-26-44/h1-41H. The number of hydrogen-bond donors (Lipinski definition) is 0. The van der Waals surface area contributed by atoms with Crippen molar-refractivity contribution in [3.05, 3.63) is 249 Å². The van der Waals surface area contributed by atoms with Crippen molar-refractivity contribution in [1.82, 2.24) is 22.8 Å². The number of aromatic nitrogens is 5. The van der Waals surface area contributed by atoms with Crippen molar-refractivity contribution in [1.29, 1.82) is 0 Å². The Kier molecular flexibility index (Phi) is 7.82. The smallest absolute Gasteiger partial charge is 0.0810 e. The number of para-hydroxylation sites is 8. The van der Waals surface area contributed by atoms with E-state index in [0.717, 1.165) is 34.0 Å². The van der Waals surface area contributed by atoms with Crippen LogP contribution in [-0.4, -0.2) is 22.8 Å². The van der Waals surface area contributed by atoms with E-state index in [4.69, 9.17) is 0 Å². The lowest BCUT2D eigenvalue weighted by Gasteiger charge is -2.16. The van der Waals surface area contributed by atoms with Crippen molar-refractivity contribution in [2.24, 2.45) is 0 Å². The zero-order valence-corrected chi connectivity index (χ0v) is 38.4. The van der Waals surface area contributed by atoms with Gasteiger partial charge in [-0.2, -0.15) is 0 Å². The molecule has 0 fully saturated rings.